The molecule has 5 unspecified atom stereocenters. The molecule has 4 heteroatoms. The van der Waals surface area contributed by atoms with Crippen LogP contribution in [-0.2, 0) is 6.51 Å². The Kier molecular flexibility index (Phi) is 3.12. The van der Waals surface area contributed by atoms with Crippen molar-refractivity contribution in [1.29, 1.82) is 0 Å². The molecule has 0 amide bonds. The van der Waals surface area contributed by atoms with Gasteiger partial charge in [-0.3, -0.25) is 0 Å². The second-order valence-corrected chi connectivity index (χ2v) is 60.1. The molecule has 1 spiro atoms. The van der Waals surface area contributed by atoms with Crippen LogP contribution in [0.3, 0.4) is 0 Å². The zero-order valence-corrected chi connectivity index (χ0v) is 36.8. The van der Waals surface area contributed by atoms with Crippen LogP contribution in [0.2, 0.25) is 46.3 Å². The Morgan fingerprint density at radius 3 is 1.10 bits per heavy atom. The van der Waals surface area contributed by atoms with Crippen molar-refractivity contribution in [2.45, 2.75) is 150 Å². The fourth-order valence-electron chi connectivity index (χ4n) is 26.4. The maximum atomic E-state index is 2.67. The molecule has 13 rings (SSSR count). The van der Waals surface area contributed by atoms with E-state index in [1.165, 1.54) is 33.7 Å². The fraction of sp³-hybridized carbons (Fsp3) is 0.609. The van der Waals surface area contributed by atoms with Crippen molar-refractivity contribution < 1.29 is 6.51 Å². The molecule has 0 bridgehead atoms. The summed E-state index contributed by atoms with van der Waals surface area (Å²) >= 11 is 0. The number of hydrogen-bond acceptors (Lipinski definition) is 0. The summed E-state index contributed by atoms with van der Waals surface area (Å²) < 4.78 is 2.11. The van der Waals surface area contributed by atoms with Crippen LogP contribution in [0.4, 0.5) is 0 Å². The monoisotopic (exact) mass is 760 g/mol. The summed E-state index contributed by atoms with van der Waals surface area (Å²) in [6, 6.07) is 37.6. The van der Waals surface area contributed by atoms with E-state index in [1.54, 1.807) is 27.9 Å². The topological polar surface area (TPSA) is 0 Å². The Hall–Kier alpha value is -0.744. The first-order valence-corrected chi connectivity index (χ1v) is 31.2. The van der Waals surface area contributed by atoms with Gasteiger partial charge in [0.1, 0.15) is 0 Å². The van der Waals surface area contributed by atoms with Crippen LogP contribution in [0.15, 0.2) is 91.0 Å². The Morgan fingerprint density at radius 2 is 0.800 bits per heavy atom. The normalized spacial score (nSPS) is 53.2. The van der Waals surface area contributed by atoms with E-state index in [-0.39, 0.29) is 15.8 Å². The van der Waals surface area contributed by atoms with Gasteiger partial charge in [-0.2, -0.15) is 0 Å². The molecule has 10 aliphatic rings. The first-order chi connectivity index (χ1) is 23.1. The van der Waals surface area contributed by atoms with Crippen LogP contribution in [0.25, 0.3) is 0 Å². The van der Waals surface area contributed by atoms with Crippen LogP contribution in [0.1, 0.15) is 83.1 Å². The van der Waals surface area contributed by atoms with Crippen molar-refractivity contribution >= 4 is 39.5 Å². The fourth-order valence-corrected chi connectivity index (χ4v) is 142. The summed E-state index contributed by atoms with van der Waals surface area (Å²) in [6.45, 7) is 27.6. The summed E-state index contributed by atoms with van der Waals surface area (Å²) in [5, 5.41) is 6.88. The Labute approximate surface area is 297 Å². The van der Waals surface area contributed by atoms with E-state index >= 15 is 0 Å². The molecule has 10 fully saturated rings. The van der Waals surface area contributed by atoms with Gasteiger partial charge in [-0.15, -0.1) is 0 Å². The molecule has 3 aromatic carbocycles. The third-order valence-electron chi connectivity index (χ3n) is 23.9. The van der Waals surface area contributed by atoms with E-state index in [0.29, 0.717) is 28.9 Å². The second kappa shape index (κ2) is 5.11. The Morgan fingerprint density at radius 1 is 0.480 bits per heavy atom. The summed E-state index contributed by atoms with van der Waals surface area (Å²) in [7, 11) is -2.81. The van der Waals surface area contributed by atoms with Gasteiger partial charge >= 0.3 is 299 Å². The van der Waals surface area contributed by atoms with Gasteiger partial charge in [-0.25, -0.2) is 0 Å². The van der Waals surface area contributed by atoms with E-state index in [2.05, 4.69) is 174 Å². The molecule has 268 valence electrons. The van der Waals surface area contributed by atoms with Crippen LogP contribution in [-0.4, -0.2) is 41.0 Å². The van der Waals surface area contributed by atoms with Gasteiger partial charge in [0, 0.05) is 0 Å². The van der Waals surface area contributed by atoms with Gasteiger partial charge in [-0.1, -0.05) is 0 Å². The van der Waals surface area contributed by atoms with E-state index in [4.69, 9.17) is 0 Å². The van der Waals surface area contributed by atoms with E-state index < -0.39 is 14.6 Å². The predicted octanol–water partition coefficient (Wildman–Crippen LogP) is 12.4. The molecule has 0 saturated carbocycles. The molecule has 0 radical (unpaired) electrons. The zero-order chi connectivity index (χ0) is 35.3. The molecule has 0 aromatic heterocycles. The van der Waals surface area contributed by atoms with Crippen LogP contribution < -0.4 is 15.6 Å². The van der Waals surface area contributed by atoms with Crippen LogP contribution >= 0.6 is 15.8 Å². The average molecular weight is 761 g/mol. The minimum atomic E-state index is -4.40. The number of benzene rings is 3. The first kappa shape index (κ1) is 30.6. The molecule has 3 aromatic rings. The van der Waals surface area contributed by atoms with Crippen molar-refractivity contribution in [3.63, 3.8) is 0 Å². The van der Waals surface area contributed by atoms with E-state index in [0.717, 1.165) is 4.31 Å². The predicted molar refractivity (Wildman–Crippen MR) is 221 cm³/mol. The maximum absolute atomic E-state index is 4.40. The molecule has 0 nitrogen and oxygen atoms in total. The molecule has 5 atom stereocenters. The van der Waals surface area contributed by atoms with Crippen molar-refractivity contribution in [3.05, 3.63) is 91.0 Å². The molecular weight excluding hydrogens is 698 g/mol. The molecule has 0 aliphatic carbocycles. The summed E-state index contributed by atoms with van der Waals surface area (Å²) in [6.07, 6.45) is 3.29. The number of fused-ring (bicyclic) bond motifs is 10. The average Bonchev–Trinajstić information content (AvgIpc) is 3.99. The van der Waals surface area contributed by atoms with Crippen molar-refractivity contribution in [2.75, 3.05) is 12.3 Å². The van der Waals surface area contributed by atoms with Gasteiger partial charge in [0.2, 0.25) is 0 Å². The first-order valence-electron chi connectivity index (χ1n) is 20.0. The molecule has 0 N–H and O–H groups in total. The van der Waals surface area contributed by atoms with Gasteiger partial charge in [0.05, 0.1) is 0 Å². The van der Waals surface area contributed by atoms with Gasteiger partial charge in [0.15, 0.2) is 0 Å². The Balaban J connectivity index is 1.19. The van der Waals surface area contributed by atoms with Gasteiger partial charge < -0.3 is 0 Å². The summed E-state index contributed by atoms with van der Waals surface area (Å²) in [5.74, 6) is 0. The molecule has 10 saturated heterocycles. The third kappa shape index (κ3) is 0.956. The Bertz CT molecular complexity index is 2310. The standard InChI is InChI=1S/C41H57P2Si.C5H5.Fe/c1-38(2,3)42(39(4,5)6)30-32-28-29-37(36(32)31-43(40(7,8)9)41(10,11)12)44(33-22-16-13-17-23-33,34-24-18-14-19-25-34)35-26-20-15-21-27-35;1-2-4-5-3-1;/h13-29H,30-31H2,1-12H3;1-5H;. The number of rotatable bonds is 8. The molecule has 10 heterocycles. The SMILES string of the molecule is CC(C)(C)P(C[C]12[CH]3[CH]4[C]5([Si](c6ccccc6)(c6ccccc6)c6ccccc6)[C]1(CP(C(C)(C)C)C(C)(C)C)[Fe]34251678[CH]2[CH]1[CH]6[CH]7[CH]28)C(C)(C)C. The second-order valence-electron chi connectivity index (χ2n) is 24.8. The van der Waals surface area contributed by atoms with Crippen LogP contribution in [0.5, 0.6) is 0 Å². The quantitative estimate of drug-likeness (QED) is 0.122. The van der Waals surface area contributed by atoms with E-state index in [9.17, 15) is 0 Å². The van der Waals surface area contributed by atoms with Gasteiger partial charge in [0.25, 0.3) is 0 Å². The molecular formula is C46H62FeP2Si. The van der Waals surface area contributed by atoms with Gasteiger partial charge in [-0.05, 0) is 0 Å². The summed E-state index contributed by atoms with van der Waals surface area (Å²) in [4.78, 5) is 8.60. The zero-order valence-electron chi connectivity index (χ0n) is 32.9. The molecule has 50 heavy (non-hydrogen) atoms. The van der Waals surface area contributed by atoms with Crippen molar-refractivity contribution in [2.24, 2.45) is 0 Å². The molecule has 10 aliphatic heterocycles. The third-order valence-corrected chi connectivity index (χ3v) is 87.4. The summed E-state index contributed by atoms with van der Waals surface area (Å²) in [5.41, 5.74) is 0. The number of hydrogen-bond donors (Lipinski definition) is 0. The van der Waals surface area contributed by atoms with E-state index in [1.807, 2.05) is 0 Å². The van der Waals surface area contributed by atoms with Crippen molar-refractivity contribution in [3.8, 4) is 0 Å². The van der Waals surface area contributed by atoms with Crippen LogP contribution in [0, 0.1) is 0 Å². The minimum absolute atomic E-state index is 0.125. The van der Waals surface area contributed by atoms with Crippen molar-refractivity contribution in [1.82, 2.24) is 0 Å².